The third-order valence-corrected chi connectivity index (χ3v) is 3.41. The predicted molar refractivity (Wildman–Crippen MR) is 77.9 cm³/mol. The van der Waals surface area contributed by atoms with Gasteiger partial charge in [0.1, 0.15) is 5.82 Å². The Labute approximate surface area is 116 Å². The van der Waals surface area contributed by atoms with Gasteiger partial charge in [0.05, 0.1) is 6.61 Å². The normalized spacial score (nSPS) is 14.3. The lowest BCUT2D eigenvalue weighted by atomic mass is 9.79. The van der Waals surface area contributed by atoms with Crippen molar-refractivity contribution < 1.29 is 9.13 Å². The van der Waals surface area contributed by atoms with E-state index in [-0.39, 0.29) is 11.2 Å². The molecule has 1 unspecified atom stereocenters. The first kappa shape index (κ1) is 16.1. The summed E-state index contributed by atoms with van der Waals surface area (Å²) in [4.78, 5) is 0. The second-order valence-corrected chi connectivity index (χ2v) is 5.54. The van der Waals surface area contributed by atoms with Gasteiger partial charge in [-0.3, -0.25) is 0 Å². The van der Waals surface area contributed by atoms with Crippen molar-refractivity contribution in [2.24, 2.45) is 5.41 Å². The van der Waals surface area contributed by atoms with Crippen LogP contribution in [0.1, 0.15) is 32.3 Å². The summed E-state index contributed by atoms with van der Waals surface area (Å²) >= 11 is 0. The van der Waals surface area contributed by atoms with Crippen molar-refractivity contribution in [3.05, 3.63) is 35.6 Å². The summed E-state index contributed by atoms with van der Waals surface area (Å²) in [6.07, 6.45) is 3.17. The fourth-order valence-corrected chi connectivity index (χ4v) is 2.55. The molecule has 0 heterocycles. The van der Waals surface area contributed by atoms with Crippen molar-refractivity contribution in [1.82, 2.24) is 5.32 Å². The van der Waals surface area contributed by atoms with Gasteiger partial charge in [0.2, 0.25) is 0 Å². The van der Waals surface area contributed by atoms with Gasteiger partial charge in [-0.2, -0.15) is 0 Å². The van der Waals surface area contributed by atoms with Crippen molar-refractivity contribution in [1.29, 1.82) is 0 Å². The Bertz CT molecular complexity index is 370. The zero-order chi connectivity index (χ0) is 14.1. The van der Waals surface area contributed by atoms with Crippen molar-refractivity contribution in [2.75, 3.05) is 26.8 Å². The molecule has 1 aromatic carbocycles. The van der Waals surface area contributed by atoms with Gasteiger partial charge in [-0.15, -0.1) is 0 Å². The lowest BCUT2D eigenvalue weighted by Crippen LogP contribution is -2.35. The van der Waals surface area contributed by atoms with Gasteiger partial charge in [0.15, 0.2) is 0 Å². The lowest BCUT2D eigenvalue weighted by Gasteiger charge is -2.30. The summed E-state index contributed by atoms with van der Waals surface area (Å²) in [5.74, 6) is -0.149. The van der Waals surface area contributed by atoms with Crippen molar-refractivity contribution in [2.45, 2.75) is 33.1 Å². The number of hydrogen-bond acceptors (Lipinski definition) is 2. The molecule has 0 amide bonds. The highest BCUT2D eigenvalue weighted by Gasteiger charge is 2.23. The summed E-state index contributed by atoms with van der Waals surface area (Å²) in [5, 5.41) is 3.43. The molecule has 0 radical (unpaired) electrons. The second kappa shape index (κ2) is 8.28. The van der Waals surface area contributed by atoms with Crippen LogP contribution in [-0.4, -0.2) is 26.8 Å². The Morgan fingerprint density at radius 2 is 2.16 bits per heavy atom. The molecule has 108 valence electrons. The minimum absolute atomic E-state index is 0.149. The van der Waals surface area contributed by atoms with Crippen LogP contribution in [0.4, 0.5) is 4.39 Å². The summed E-state index contributed by atoms with van der Waals surface area (Å²) in [5.41, 5.74) is 1.24. The van der Waals surface area contributed by atoms with Crippen LogP contribution in [0.3, 0.4) is 0 Å². The maximum Gasteiger partial charge on any atom is 0.123 e. The first-order valence-corrected chi connectivity index (χ1v) is 7.04. The molecule has 19 heavy (non-hydrogen) atoms. The van der Waals surface area contributed by atoms with E-state index in [1.807, 2.05) is 6.07 Å². The Balaban J connectivity index is 2.59. The summed E-state index contributed by atoms with van der Waals surface area (Å²) in [6.45, 7) is 6.97. The Kier molecular flexibility index (Phi) is 7.03. The molecule has 1 atom stereocenters. The van der Waals surface area contributed by atoms with Crippen LogP contribution in [0.2, 0.25) is 0 Å². The van der Waals surface area contributed by atoms with Gasteiger partial charge in [-0.25, -0.2) is 4.39 Å². The molecule has 0 bridgehead atoms. The van der Waals surface area contributed by atoms with Gasteiger partial charge >= 0.3 is 0 Å². The van der Waals surface area contributed by atoms with Crippen LogP contribution in [0.5, 0.6) is 0 Å². The highest BCUT2D eigenvalue weighted by Crippen LogP contribution is 2.27. The first-order chi connectivity index (χ1) is 9.09. The van der Waals surface area contributed by atoms with E-state index in [9.17, 15) is 4.39 Å². The average Bonchev–Trinajstić information content (AvgIpc) is 2.35. The standard InChI is InChI=1S/C16H26FNO/c1-4-8-16(2,13-18-9-10-19-3)12-14-6-5-7-15(17)11-14/h5-7,11,18H,4,8-10,12-13H2,1-3H3. The fraction of sp³-hybridized carbons (Fsp3) is 0.625. The molecule has 0 fully saturated rings. The molecule has 0 saturated carbocycles. The predicted octanol–water partition coefficient (Wildman–Crippen LogP) is 3.41. The molecular formula is C16H26FNO. The minimum atomic E-state index is -0.149. The molecule has 0 saturated heterocycles. The largest absolute Gasteiger partial charge is 0.383 e. The second-order valence-electron chi connectivity index (χ2n) is 5.54. The van der Waals surface area contributed by atoms with Crippen LogP contribution < -0.4 is 5.32 Å². The van der Waals surface area contributed by atoms with E-state index in [2.05, 4.69) is 19.2 Å². The van der Waals surface area contributed by atoms with E-state index in [0.29, 0.717) is 0 Å². The van der Waals surface area contributed by atoms with Crippen LogP contribution in [0.15, 0.2) is 24.3 Å². The number of rotatable bonds is 9. The third kappa shape index (κ3) is 6.17. The highest BCUT2D eigenvalue weighted by atomic mass is 19.1. The quantitative estimate of drug-likeness (QED) is 0.692. The molecule has 3 heteroatoms. The molecule has 0 aliphatic rings. The Morgan fingerprint density at radius 3 is 2.79 bits per heavy atom. The smallest absolute Gasteiger partial charge is 0.123 e. The Hall–Kier alpha value is -0.930. The van der Waals surface area contributed by atoms with E-state index in [1.54, 1.807) is 19.2 Å². The molecule has 1 N–H and O–H groups in total. The van der Waals surface area contributed by atoms with Crippen LogP contribution >= 0.6 is 0 Å². The monoisotopic (exact) mass is 267 g/mol. The lowest BCUT2D eigenvalue weighted by molar-refractivity contribution is 0.190. The zero-order valence-corrected chi connectivity index (χ0v) is 12.3. The van der Waals surface area contributed by atoms with Gasteiger partial charge < -0.3 is 10.1 Å². The maximum absolute atomic E-state index is 13.2. The number of hydrogen-bond donors (Lipinski definition) is 1. The Morgan fingerprint density at radius 1 is 1.37 bits per heavy atom. The summed E-state index contributed by atoms with van der Waals surface area (Å²) in [6, 6.07) is 6.93. The van der Waals surface area contributed by atoms with E-state index < -0.39 is 0 Å². The van der Waals surface area contributed by atoms with E-state index in [4.69, 9.17) is 4.74 Å². The first-order valence-electron chi connectivity index (χ1n) is 7.04. The van der Waals surface area contributed by atoms with E-state index in [1.165, 1.54) is 6.07 Å². The molecule has 0 aromatic heterocycles. The average molecular weight is 267 g/mol. The fourth-order valence-electron chi connectivity index (χ4n) is 2.55. The molecule has 0 spiro atoms. The molecule has 1 aromatic rings. The van der Waals surface area contributed by atoms with E-state index in [0.717, 1.165) is 44.5 Å². The number of nitrogens with one attached hydrogen (secondary N) is 1. The van der Waals surface area contributed by atoms with Gasteiger partial charge in [-0.05, 0) is 36.0 Å². The SMILES string of the molecule is CCCC(C)(CNCCOC)Cc1cccc(F)c1. The van der Waals surface area contributed by atoms with Gasteiger partial charge in [-0.1, -0.05) is 32.4 Å². The van der Waals surface area contributed by atoms with E-state index >= 15 is 0 Å². The number of methoxy groups -OCH3 is 1. The molecule has 2 nitrogen and oxygen atoms in total. The van der Waals surface area contributed by atoms with Gasteiger partial charge in [0, 0.05) is 20.2 Å². The third-order valence-electron chi connectivity index (χ3n) is 3.41. The maximum atomic E-state index is 13.2. The summed E-state index contributed by atoms with van der Waals surface area (Å²) in [7, 11) is 1.71. The van der Waals surface area contributed by atoms with Gasteiger partial charge in [0.25, 0.3) is 0 Å². The van der Waals surface area contributed by atoms with Crippen LogP contribution in [-0.2, 0) is 11.2 Å². The van der Waals surface area contributed by atoms with Crippen LogP contribution in [0.25, 0.3) is 0 Å². The number of ether oxygens (including phenoxy) is 1. The number of benzene rings is 1. The zero-order valence-electron chi connectivity index (χ0n) is 12.3. The highest BCUT2D eigenvalue weighted by molar-refractivity contribution is 5.18. The molecule has 1 rings (SSSR count). The molecular weight excluding hydrogens is 241 g/mol. The number of halogens is 1. The van der Waals surface area contributed by atoms with Crippen molar-refractivity contribution in [3.8, 4) is 0 Å². The van der Waals surface area contributed by atoms with Crippen molar-refractivity contribution >= 4 is 0 Å². The molecule has 0 aliphatic heterocycles. The minimum Gasteiger partial charge on any atom is -0.383 e. The molecule has 0 aliphatic carbocycles. The van der Waals surface area contributed by atoms with Crippen LogP contribution in [0, 0.1) is 11.2 Å². The topological polar surface area (TPSA) is 21.3 Å². The van der Waals surface area contributed by atoms with Crippen molar-refractivity contribution in [3.63, 3.8) is 0 Å². The summed E-state index contributed by atoms with van der Waals surface area (Å²) < 4.78 is 18.3.